The monoisotopic (exact) mass is 441 g/mol. The van der Waals surface area contributed by atoms with Crippen molar-refractivity contribution in [1.29, 1.82) is 0 Å². The van der Waals surface area contributed by atoms with E-state index in [0.29, 0.717) is 22.8 Å². The van der Waals surface area contributed by atoms with Crippen molar-refractivity contribution in [2.75, 3.05) is 22.2 Å². The maximum atomic E-state index is 13.7. The van der Waals surface area contributed by atoms with Crippen molar-refractivity contribution in [2.45, 2.75) is 18.0 Å². The first-order chi connectivity index (χ1) is 14.5. The molecule has 154 valence electrons. The van der Waals surface area contributed by atoms with E-state index >= 15 is 0 Å². The molecule has 1 spiro atoms. The van der Waals surface area contributed by atoms with E-state index in [1.807, 2.05) is 30.5 Å². The van der Waals surface area contributed by atoms with Gasteiger partial charge in [-0.15, -0.1) is 0 Å². The van der Waals surface area contributed by atoms with Crippen molar-refractivity contribution in [3.05, 3.63) is 59.1 Å². The minimum Gasteiger partial charge on any atom is -0.324 e. The van der Waals surface area contributed by atoms with Crippen LogP contribution in [0.15, 0.2) is 48.5 Å². The third-order valence-electron chi connectivity index (χ3n) is 6.35. The summed E-state index contributed by atoms with van der Waals surface area (Å²) in [6.07, 6.45) is 2.67. The van der Waals surface area contributed by atoms with Gasteiger partial charge in [-0.2, -0.15) is 11.8 Å². The number of benzene rings is 2. The fraction of sp³-hybridized carbons (Fsp3) is 0.318. The average Bonchev–Trinajstić information content (AvgIpc) is 3.32. The number of halogens is 1. The fourth-order valence-corrected chi connectivity index (χ4v) is 5.83. The molecule has 0 radical (unpaired) electrons. The number of carbonyl (C=O) groups excluding carboxylic acids is 3. The smallest absolute Gasteiger partial charge is 0.250 e. The second-order valence-electron chi connectivity index (χ2n) is 7.81. The van der Waals surface area contributed by atoms with Gasteiger partial charge >= 0.3 is 0 Å². The van der Waals surface area contributed by atoms with Crippen LogP contribution in [-0.4, -0.2) is 35.8 Å². The van der Waals surface area contributed by atoms with E-state index in [2.05, 4.69) is 10.6 Å². The van der Waals surface area contributed by atoms with E-state index in [1.54, 1.807) is 36.0 Å². The Balaban J connectivity index is 1.66. The first-order valence-corrected chi connectivity index (χ1v) is 11.6. The predicted octanol–water partition coefficient (Wildman–Crippen LogP) is 3.02. The van der Waals surface area contributed by atoms with Crippen LogP contribution in [0.3, 0.4) is 0 Å². The van der Waals surface area contributed by atoms with E-state index in [-0.39, 0.29) is 23.8 Å². The maximum Gasteiger partial charge on any atom is 0.250 e. The lowest BCUT2D eigenvalue weighted by Gasteiger charge is -2.29. The van der Waals surface area contributed by atoms with E-state index in [0.717, 1.165) is 11.3 Å². The zero-order chi connectivity index (χ0) is 21.0. The second-order valence-corrected chi connectivity index (χ2v) is 9.20. The quantitative estimate of drug-likeness (QED) is 0.713. The number of rotatable bonds is 4. The van der Waals surface area contributed by atoms with E-state index in [9.17, 15) is 14.4 Å². The van der Waals surface area contributed by atoms with Gasteiger partial charge in [0.15, 0.2) is 0 Å². The van der Waals surface area contributed by atoms with Gasteiger partial charge in [-0.25, -0.2) is 4.90 Å². The third-order valence-corrected chi connectivity index (χ3v) is 7.31. The van der Waals surface area contributed by atoms with Crippen LogP contribution in [0.2, 0.25) is 5.02 Å². The van der Waals surface area contributed by atoms with E-state index in [1.165, 1.54) is 4.90 Å². The molecule has 2 saturated heterocycles. The zero-order valence-electron chi connectivity index (χ0n) is 16.2. The number of imide groups is 1. The molecule has 4 atom stereocenters. The Kier molecular flexibility index (Phi) is 4.65. The van der Waals surface area contributed by atoms with Gasteiger partial charge in [-0.3, -0.25) is 19.7 Å². The molecule has 0 unspecified atom stereocenters. The molecule has 2 N–H and O–H groups in total. The second kappa shape index (κ2) is 7.11. The molecule has 0 aliphatic carbocycles. The van der Waals surface area contributed by atoms with Crippen molar-refractivity contribution in [3.63, 3.8) is 0 Å². The van der Waals surface area contributed by atoms with Crippen LogP contribution in [0.5, 0.6) is 0 Å². The molecule has 6 nitrogen and oxygen atoms in total. The predicted molar refractivity (Wildman–Crippen MR) is 118 cm³/mol. The highest BCUT2D eigenvalue weighted by molar-refractivity contribution is 7.98. The normalized spacial score (nSPS) is 29.5. The number of nitrogens with zero attached hydrogens (tertiary/aromatic N) is 1. The lowest BCUT2D eigenvalue weighted by molar-refractivity contribution is -0.130. The molecule has 30 heavy (non-hydrogen) atoms. The van der Waals surface area contributed by atoms with Gasteiger partial charge in [-0.1, -0.05) is 41.9 Å². The number of nitrogens with one attached hydrogen (secondary N) is 2. The molecular weight excluding hydrogens is 422 g/mol. The maximum absolute atomic E-state index is 13.7. The molecule has 3 aliphatic rings. The number of carbonyl (C=O) groups is 3. The highest BCUT2D eigenvalue weighted by Gasteiger charge is 2.70. The van der Waals surface area contributed by atoms with Gasteiger partial charge in [0.25, 0.3) is 0 Å². The minimum atomic E-state index is -1.26. The van der Waals surface area contributed by atoms with Crippen LogP contribution in [0.4, 0.5) is 11.4 Å². The number of anilines is 2. The summed E-state index contributed by atoms with van der Waals surface area (Å²) in [6, 6.07) is 13.9. The van der Waals surface area contributed by atoms with Crippen molar-refractivity contribution >= 4 is 52.5 Å². The average molecular weight is 442 g/mol. The lowest BCUT2D eigenvalue weighted by Crippen LogP contribution is -2.53. The molecule has 8 heteroatoms. The minimum absolute atomic E-state index is 0.285. The number of amides is 3. The Morgan fingerprint density at radius 2 is 1.80 bits per heavy atom. The summed E-state index contributed by atoms with van der Waals surface area (Å²) in [5.74, 6) is -1.61. The van der Waals surface area contributed by atoms with Gasteiger partial charge in [-0.05, 0) is 36.6 Å². The zero-order valence-corrected chi connectivity index (χ0v) is 17.8. The van der Waals surface area contributed by atoms with Crippen molar-refractivity contribution in [1.82, 2.24) is 5.32 Å². The number of hydrogen-bond donors (Lipinski definition) is 2. The topological polar surface area (TPSA) is 78.5 Å². The Labute approximate surface area is 183 Å². The van der Waals surface area contributed by atoms with Crippen LogP contribution in [-0.2, 0) is 19.9 Å². The Morgan fingerprint density at radius 1 is 1.07 bits per heavy atom. The standard InChI is InChI=1S/C22H20ClN3O3S/c1-30-11-10-15-17-18(20(28)26(19(17)27)16-9-5-3-7-13(16)23)22(25-15)12-6-2-4-8-14(12)24-21(22)29/h2-9,15,17-18,25H,10-11H2,1H3,(H,24,29)/t15-,17+,18+,22-/m0/s1. The van der Waals surface area contributed by atoms with Crippen LogP contribution in [0, 0.1) is 11.8 Å². The Morgan fingerprint density at radius 3 is 2.57 bits per heavy atom. The molecule has 0 bridgehead atoms. The summed E-state index contributed by atoms with van der Waals surface area (Å²) in [5, 5.41) is 6.67. The molecule has 3 amide bonds. The Bertz CT molecular complexity index is 1080. The molecule has 2 aromatic rings. The van der Waals surface area contributed by atoms with Crippen LogP contribution >= 0.6 is 23.4 Å². The number of para-hydroxylation sites is 2. The molecule has 3 aliphatic heterocycles. The van der Waals surface area contributed by atoms with Crippen LogP contribution in [0.25, 0.3) is 0 Å². The SMILES string of the molecule is CSCC[C@@H]1N[C@]2(C(=O)Nc3ccccc32)[C@H]2C(=O)N(c3ccccc3Cl)C(=O)[C@H]12. The fourth-order valence-electron chi connectivity index (χ4n) is 5.12. The largest absolute Gasteiger partial charge is 0.324 e. The van der Waals surface area contributed by atoms with Gasteiger partial charge in [0.2, 0.25) is 17.7 Å². The lowest BCUT2D eigenvalue weighted by atomic mass is 9.76. The van der Waals surface area contributed by atoms with Crippen LogP contribution < -0.4 is 15.5 Å². The molecule has 0 saturated carbocycles. The van der Waals surface area contributed by atoms with Gasteiger partial charge in [0.05, 0.1) is 22.5 Å². The molecule has 2 aromatic carbocycles. The van der Waals surface area contributed by atoms with E-state index in [4.69, 9.17) is 11.6 Å². The number of fused-ring (bicyclic) bond motifs is 4. The molecule has 5 rings (SSSR count). The molecular formula is C22H20ClN3O3S. The summed E-state index contributed by atoms with van der Waals surface area (Å²) in [4.78, 5) is 41.7. The number of hydrogen-bond acceptors (Lipinski definition) is 5. The van der Waals surface area contributed by atoms with Gasteiger partial charge in [0, 0.05) is 17.3 Å². The summed E-state index contributed by atoms with van der Waals surface area (Å²) in [6.45, 7) is 0. The highest BCUT2D eigenvalue weighted by Crippen LogP contribution is 2.54. The van der Waals surface area contributed by atoms with E-state index < -0.39 is 17.4 Å². The molecule has 0 aromatic heterocycles. The summed E-state index contributed by atoms with van der Waals surface area (Å²) in [7, 11) is 0. The highest BCUT2D eigenvalue weighted by atomic mass is 35.5. The summed E-state index contributed by atoms with van der Waals surface area (Å²) < 4.78 is 0. The van der Waals surface area contributed by atoms with Crippen molar-refractivity contribution < 1.29 is 14.4 Å². The van der Waals surface area contributed by atoms with Crippen LogP contribution in [0.1, 0.15) is 12.0 Å². The summed E-state index contributed by atoms with van der Waals surface area (Å²) >= 11 is 8.00. The number of thioether (sulfide) groups is 1. The Hall–Kier alpha value is -2.35. The molecule has 3 heterocycles. The van der Waals surface area contributed by atoms with Gasteiger partial charge < -0.3 is 5.32 Å². The summed E-state index contributed by atoms with van der Waals surface area (Å²) in [5.41, 5.74) is 0.510. The first kappa shape index (κ1) is 19.6. The molecule has 2 fully saturated rings. The van der Waals surface area contributed by atoms with Gasteiger partial charge in [0.1, 0.15) is 5.54 Å². The van der Waals surface area contributed by atoms with Crippen molar-refractivity contribution in [2.24, 2.45) is 11.8 Å². The third kappa shape index (κ3) is 2.52. The first-order valence-electron chi connectivity index (χ1n) is 9.80. The van der Waals surface area contributed by atoms with Crippen molar-refractivity contribution in [3.8, 4) is 0 Å².